The van der Waals surface area contributed by atoms with E-state index in [9.17, 15) is 14.4 Å². The molecule has 134 valence electrons. The number of carboxylic acids is 2. The average Bonchev–Trinajstić information content (AvgIpc) is 2.48. The van der Waals surface area contributed by atoms with Gasteiger partial charge in [0.25, 0.3) is 5.91 Å². The van der Waals surface area contributed by atoms with Crippen molar-refractivity contribution in [2.75, 3.05) is 6.54 Å². The Kier molecular flexibility index (Phi) is 9.81. The molecule has 0 unspecified atom stereocenters. The number of carbonyl (C=O) groups excluding carboxylic acids is 1. The Hall–Kier alpha value is -2.61. The first-order chi connectivity index (χ1) is 11.2. The number of carboxylic acid groups (broad SMARTS) is 2. The molecule has 0 aromatic heterocycles. The van der Waals surface area contributed by atoms with E-state index in [1.165, 1.54) is 18.2 Å². The van der Waals surface area contributed by atoms with E-state index >= 15 is 0 Å². The average molecular weight is 339 g/mol. The number of allylic oxidation sites excluding steroid dienone is 3. The lowest BCUT2D eigenvalue weighted by molar-refractivity contribution is -0.143. The third-order valence-electron chi connectivity index (χ3n) is 3.16. The molecule has 0 bridgehead atoms. The van der Waals surface area contributed by atoms with Crippen molar-refractivity contribution in [3.63, 3.8) is 0 Å². The van der Waals surface area contributed by atoms with Crippen LogP contribution in [0.25, 0.3) is 0 Å². The van der Waals surface area contributed by atoms with Gasteiger partial charge in [-0.1, -0.05) is 12.7 Å². The molecule has 0 heterocycles. The van der Waals surface area contributed by atoms with Gasteiger partial charge in [0.05, 0.1) is 5.92 Å². The molecule has 0 rings (SSSR count). The molecule has 8 nitrogen and oxygen atoms in total. The number of nitrogens with one attached hydrogen (secondary N) is 1. The minimum Gasteiger partial charge on any atom is -0.481 e. The molecule has 2 atom stereocenters. The number of aliphatic carboxylic acids is 2. The summed E-state index contributed by atoms with van der Waals surface area (Å²) in [5, 5.41) is 20.5. The lowest BCUT2D eigenvalue weighted by Crippen LogP contribution is -2.34. The van der Waals surface area contributed by atoms with Crippen molar-refractivity contribution in [3.05, 3.63) is 36.1 Å². The fourth-order valence-electron chi connectivity index (χ4n) is 1.96. The molecule has 1 amide bonds. The summed E-state index contributed by atoms with van der Waals surface area (Å²) < 4.78 is 0. The predicted octanol–water partition coefficient (Wildman–Crippen LogP) is 0.361. The fourth-order valence-corrected chi connectivity index (χ4v) is 1.96. The Labute approximate surface area is 140 Å². The number of nitrogens with two attached hydrogens (primary N) is 2. The molecule has 0 aromatic carbocycles. The highest BCUT2D eigenvalue weighted by Gasteiger charge is 2.23. The van der Waals surface area contributed by atoms with Gasteiger partial charge in [-0.2, -0.15) is 0 Å². The fraction of sp³-hybridized carbons (Fsp3) is 0.438. The summed E-state index contributed by atoms with van der Waals surface area (Å²) in [6.45, 7) is 5.41. The molecule has 8 heteroatoms. The first-order valence-electron chi connectivity index (χ1n) is 7.44. The van der Waals surface area contributed by atoms with Crippen LogP contribution >= 0.6 is 0 Å². The van der Waals surface area contributed by atoms with Gasteiger partial charge in [-0.25, -0.2) is 0 Å². The first-order valence-corrected chi connectivity index (χ1v) is 7.44. The highest BCUT2D eigenvalue weighted by molar-refractivity contribution is 5.96. The minimum absolute atomic E-state index is 0.157. The lowest BCUT2D eigenvalue weighted by atomic mass is 9.95. The van der Waals surface area contributed by atoms with Crippen LogP contribution in [0.15, 0.2) is 36.1 Å². The van der Waals surface area contributed by atoms with E-state index in [0.717, 1.165) is 0 Å². The third kappa shape index (κ3) is 8.74. The molecular formula is C16H25N3O5. The van der Waals surface area contributed by atoms with Crippen molar-refractivity contribution in [2.45, 2.75) is 32.2 Å². The summed E-state index contributed by atoms with van der Waals surface area (Å²) >= 11 is 0. The molecule has 0 radical (unpaired) electrons. The number of rotatable bonds is 11. The largest absolute Gasteiger partial charge is 0.481 e. The van der Waals surface area contributed by atoms with Gasteiger partial charge >= 0.3 is 11.9 Å². The van der Waals surface area contributed by atoms with E-state index in [1.54, 1.807) is 6.92 Å². The van der Waals surface area contributed by atoms with Gasteiger partial charge in [0.2, 0.25) is 0 Å². The minimum atomic E-state index is -1.24. The molecule has 0 fully saturated rings. The Morgan fingerprint density at radius 2 is 1.88 bits per heavy atom. The lowest BCUT2D eigenvalue weighted by Gasteiger charge is -2.15. The summed E-state index contributed by atoms with van der Waals surface area (Å²) in [6, 6.07) is -1.22. The van der Waals surface area contributed by atoms with E-state index in [0.29, 0.717) is 17.7 Å². The van der Waals surface area contributed by atoms with Crippen LogP contribution in [0.3, 0.4) is 0 Å². The predicted molar refractivity (Wildman–Crippen MR) is 89.8 cm³/mol. The summed E-state index contributed by atoms with van der Waals surface area (Å²) in [5.41, 5.74) is 11.7. The topological polar surface area (TPSA) is 156 Å². The Morgan fingerprint density at radius 1 is 1.25 bits per heavy atom. The highest BCUT2D eigenvalue weighted by Crippen LogP contribution is 2.13. The van der Waals surface area contributed by atoms with Crippen LogP contribution in [0.2, 0.25) is 0 Å². The van der Waals surface area contributed by atoms with E-state index in [4.69, 9.17) is 21.7 Å². The Bertz CT molecular complexity index is 536. The smallest absolute Gasteiger partial charge is 0.320 e. The molecule has 0 aliphatic rings. The van der Waals surface area contributed by atoms with Crippen LogP contribution in [0.4, 0.5) is 0 Å². The second kappa shape index (κ2) is 11.0. The van der Waals surface area contributed by atoms with Gasteiger partial charge in [-0.3, -0.25) is 14.4 Å². The van der Waals surface area contributed by atoms with Gasteiger partial charge in [-0.15, -0.1) is 0 Å². The van der Waals surface area contributed by atoms with Crippen molar-refractivity contribution in [2.24, 2.45) is 17.4 Å². The number of hydrogen-bond donors (Lipinski definition) is 5. The van der Waals surface area contributed by atoms with Gasteiger partial charge in [0, 0.05) is 17.8 Å². The Balaban J connectivity index is 4.47. The summed E-state index contributed by atoms with van der Waals surface area (Å²) in [6.07, 6.45) is 4.91. The molecule has 24 heavy (non-hydrogen) atoms. The van der Waals surface area contributed by atoms with E-state index in [2.05, 4.69) is 11.9 Å². The van der Waals surface area contributed by atoms with Crippen molar-refractivity contribution in [1.82, 2.24) is 5.32 Å². The van der Waals surface area contributed by atoms with Crippen molar-refractivity contribution >= 4 is 17.8 Å². The van der Waals surface area contributed by atoms with Crippen LogP contribution in [0.1, 0.15) is 26.2 Å². The second-order valence-electron chi connectivity index (χ2n) is 5.36. The van der Waals surface area contributed by atoms with Crippen LogP contribution in [0, 0.1) is 5.92 Å². The van der Waals surface area contributed by atoms with Crippen LogP contribution in [-0.4, -0.2) is 40.6 Å². The number of carbonyl (C=O) groups is 3. The SMILES string of the molecule is C=C/C=C(\C=C(\C)N)C(=O)NCCC[C@@H](C[C@H](N)C(=O)O)C(=O)O. The van der Waals surface area contributed by atoms with Gasteiger partial charge < -0.3 is 27.0 Å². The summed E-state index contributed by atoms with van der Waals surface area (Å²) in [7, 11) is 0. The van der Waals surface area contributed by atoms with E-state index in [-0.39, 0.29) is 25.3 Å². The van der Waals surface area contributed by atoms with Gasteiger partial charge in [-0.05, 0) is 38.3 Å². The van der Waals surface area contributed by atoms with Crippen LogP contribution < -0.4 is 16.8 Å². The van der Waals surface area contributed by atoms with Crippen molar-refractivity contribution in [1.29, 1.82) is 0 Å². The highest BCUT2D eigenvalue weighted by atomic mass is 16.4. The maximum Gasteiger partial charge on any atom is 0.320 e. The molecule has 0 aliphatic heterocycles. The Morgan fingerprint density at radius 3 is 2.33 bits per heavy atom. The van der Waals surface area contributed by atoms with E-state index < -0.39 is 23.9 Å². The van der Waals surface area contributed by atoms with Gasteiger partial charge in [0.15, 0.2) is 0 Å². The molecule has 7 N–H and O–H groups in total. The zero-order valence-corrected chi connectivity index (χ0v) is 13.7. The maximum atomic E-state index is 12.0. The molecule has 0 aliphatic carbocycles. The molecule has 0 saturated carbocycles. The zero-order valence-electron chi connectivity index (χ0n) is 13.7. The number of amides is 1. The molecular weight excluding hydrogens is 314 g/mol. The van der Waals surface area contributed by atoms with Crippen LogP contribution in [0.5, 0.6) is 0 Å². The molecule has 0 saturated heterocycles. The third-order valence-corrected chi connectivity index (χ3v) is 3.16. The quantitative estimate of drug-likeness (QED) is 0.207. The van der Waals surface area contributed by atoms with Crippen LogP contribution in [-0.2, 0) is 14.4 Å². The maximum absolute atomic E-state index is 12.0. The standard InChI is InChI=1S/C16H25N3O5/c1-3-5-11(8-10(2)17)14(20)19-7-4-6-12(15(21)22)9-13(18)16(23)24/h3,5,8,12-13H,1,4,6-7,9,17-18H2,2H3,(H,19,20)(H,21,22)(H,23,24)/b10-8-,11-5+/t12-,13-/m0/s1. The summed E-state index contributed by atoms with van der Waals surface area (Å²) in [5.74, 6) is -3.57. The summed E-state index contributed by atoms with van der Waals surface area (Å²) in [4.78, 5) is 33.8. The molecule has 0 spiro atoms. The van der Waals surface area contributed by atoms with Crippen molar-refractivity contribution < 1.29 is 24.6 Å². The molecule has 0 aromatic rings. The first kappa shape index (κ1) is 21.4. The monoisotopic (exact) mass is 339 g/mol. The van der Waals surface area contributed by atoms with Crippen molar-refractivity contribution in [3.8, 4) is 0 Å². The zero-order chi connectivity index (χ0) is 18.7. The van der Waals surface area contributed by atoms with Gasteiger partial charge in [0.1, 0.15) is 6.04 Å². The number of hydrogen-bond acceptors (Lipinski definition) is 5. The second-order valence-corrected chi connectivity index (χ2v) is 5.36. The normalized spacial score (nSPS) is 14.6. The van der Waals surface area contributed by atoms with E-state index in [1.807, 2.05) is 0 Å².